The Morgan fingerprint density at radius 3 is 2.53 bits per heavy atom. The fraction of sp³-hybridized carbons (Fsp3) is 0.462. The summed E-state index contributed by atoms with van der Waals surface area (Å²) in [6.45, 7) is 0. The smallest absolute Gasteiger partial charge is 0.235 e. The summed E-state index contributed by atoms with van der Waals surface area (Å²) in [6, 6.07) is 6.84. The summed E-state index contributed by atoms with van der Waals surface area (Å²) < 4.78 is 27.7. The number of rotatable bonds is 3. The molecule has 0 unspecified atom stereocenters. The standard InChI is InChI=1S/C13H15BrN2O2S/c14-12-8-10(9-15)6-7-13(12)16-19(17,18)11-4-2-1-3-5-11/h6-8,11,16H,1-5H2. The molecule has 1 aromatic carbocycles. The third-order valence-electron chi connectivity index (χ3n) is 3.34. The second-order valence-corrected chi connectivity index (χ2v) is 7.53. The average molecular weight is 343 g/mol. The Bertz CT molecular complexity index is 602. The van der Waals surface area contributed by atoms with Crippen LogP contribution in [0.15, 0.2) is 22.7 Å². The van der Waals surface area contributed by atoms with Gasteiger partial charge in [-0.15, -0.1) is 0 Å². The first-order valence-electron chi connectivity index (χ1n) is 6.24. The van der Waals surface area contributed by atoms with Gasteiger partial charge in [-0.05, 0) is 47.0 Å². The summed E-state index contributed by atoms with van der Waals surface area (Å²) in [5.74, 6) is 0. The van der Waals surface area contributed by atoms with E-state index in [-0.39, 0.29) is 5.25 Å². The van der Waals surface area contributed by atoms with Crippen LogP contribution in [0, 0.1) is 11.3 Å². The molecule has 0 amide bonds. The van der Waals surface area contributed by atoms with Crippen molar-refractivity contribution in [1.29, 1.82) is 5.26 Å². The third kappa shape index (κ3) is 3.48. The maximum atomic E-state index is 12.3. The van der Waals surface area contributed by atoms with E-state index in [2.05, 4.69) is 20.7 Å². The van der Waals surface area contributed by atoms with Gasteiger partial charge in [0.15, 0.2) is 0 Å². The highest BCUT2D eigenvalue weighted by molar-refractivity contribution is 9.10. The van der Waals surface area contributed by atoms with Crippen LogP contribution in [0.5, 0.6) is 0 Å². The van der Waals surface area contributed by atoms with Crippen LogP contribution >= 0.6 is 15.9 Å². The summed E-state index contributed by atoms with van der Waals surface area (Å²) in [5.41, 5.74) is 0.983. The zero-order valence-electron chi connectivity index (χ0n) is 10.4. The number of hydrogen-bond donors (Lipinski definition) is 1. The Kier molecular flexibility index (Phi) is 4.48. The molecule has 6 heteroatoms. The van der Waals surface area contributed by atoms with Crippen LogP contribution in [0.1, 0.15) is 37.7 Å². The molecule has 0 bridgehead atoms. The van der Waals surface area contributed by atoms with Crippen LogP contribution in [0.25, 0.3) is 0 Å². The molecule has 2 rings (SSSR count). The number of nitriles is 1. The predicted octanol–water partition coefficient (Wildman–Crippen LogP) is 3.40. The van der Waals surface area contributed by atoms with Crippen LogP contribution in [-0.2, 0) is 10.0 Å². The Balaban J connectivity index is 2.18. The first-order chi connectivity index (χ1) is 9.03. The van der Waals surface area contributed by atoms with Gasteiger partial charge in [-0.25, -0.2) is 8.42 Å². The van der Waals surface area contributed by atoms with E-state index < -0.39 is 10.0 Å². The lowest BCUT2D eigenvalue weighted by Crippen LogP contribution is -2.29. The van der Waals surface area contributed by atoms with E-state index >= 15 is 0 Å². The number of hydrogen-bond acceptors (Lipinski definition) is 3. The molecular formula is C13H15BrN2O2S. The number of anilines is 1. The molecule has 0 aromatic heterocycles. The molecule has 1 aliphatic rings. The maximum absolute atomic E-state index is 12.3. The van der Waals surface area contributed by atoms with Crippen LogP contribution in [-0.4, -0.2) is 13.7 Å². The van der Waals surface area contributed by atoms with Crippen molar-refractivity contribution in [2.24, 2.45) is 0 Å². The summed E-state index contributed by atoms with van der Waals surface area (Å²) in [7, 11) is -3.34. The minimum Gasteiger partial charge on any atom is -0.282 e. The molecule has 0 heterocycles. The number of nitrogens with one attached hydrogen (secondary N) is 1. The van der Waals surface area contributed by atoms with Gasteiger partial charge < -0.3 is 0 Å². The zero-order valence-corrected chi connectivity index (χ0v) is 12.8. The topological polar surface area (TPSA) is 70.0 Å². The summed E-state index contributed by atoms with van der Waals surface area (Å²) in [4.78, 5) is 0. The van der Waals surface area contributed by atoms with Crippen molar-refractivity contribution in [3.8, 4) is 6.07 Å². The summed E-state index contributed by atoms with van der Waals surface area (Å²) >= 11 is 3.29. The fourth-order valence-electron chi connectivity index (χ4n) is 2.28. The van der Waals surface area contributed by atoms with Gasteiger partial charge >= 0.3 is 0 Å². The molecule has 1 N–H and O–H groups in total. The highest BCUT2D eigenvalue weighted by Crippen LogP contribution is 2.29. The lowest BCUT2D eigenvalue weighted by atomic mass is 10.0. The van der Waals surface area contributed by atoms with Gasteiger partial charge in [-0.2, -0.15) is 5.26 Å². The molecule has 102 valence electrons. The summed E-state index contributed by atoms with van der Waals surface area (Å²) in [6.07, 6.45) is 4.51. The van der Waals surface area contributed by atoms with E-state index in [9.17, 15) is 8.42 Å². The highest BCUT2D eigenvalue weighted by atomic mass is 79.9. The molecule has 0 saturated heterocycles. The van der Waals surface area contributed by atoms with Crippen molar-refractivity contribution in [2.75, 3.05) is 4.72 Å². The van der Waals surface area contributed by atoms with Crippen molar-refractivity contribution >= 4 is 31.6 Å². The number of halogens is 1. The predicted molar refractivity (Wildman–Crippen MR) is 78.3 cm³/mol. The first-order valence-corrected chi connectivity index (χ1v) is 8.58. The Morgan fingerprint density at radius 1 is 1.26 bits per heavy atom. The lowest BCUT2D eigenvalue weighted by molar-refractivity contribution is 0.486. The highest BCUT2D eigenvalue weighted by Gasteiger charge is 2.27. The van der Waals surface area contributed by atoms with Crippen molar-refractivity contribution in [1.82, 2.24) is 0 Å². The Morgan fingerprint density at radius 2 is 1.95 bits per heavy atom. The molecule has 1 saturated carbocycles. The van der Waals surface area contributed by atoms with Gasteiger partial charge in [-0.3, -0.25) is 4.72 Å². The Hall–Kier alpha value is -1.06. The molecule has 0 aliphatic heterocycles. The number of sulfonamides is 1. The maximum Gasteiger partial charge on any atom is 0.235 e. The quantitative estimate of drug-likeness (QED) is 0.914. The molecule has 1 fully saturated rings. The van der Waals surface area contributed by atoms with Crippen LogP contribution in [0.2, 0.25) is 0 Å². The lowest BCUT2D eigenvalue weighted by Gasteiger charge is -2.22. The largest absolute Gasteiger partial charge is 0.282 e. The van der Waals surface area contributed by atoms with Gasteiger partial charge in [0.2, 0.25) is 10.0 Å². The molecule has 0 atom stereocenters. The molecule has 19 heavy (non-hydrogen) atoms. The average Bonchev–Trinajstić information content (AvgIpc) is 2.42. The second kappa shape index (κ2) is 5.93. The van der Waals surface area contributed by atoms with Crippen LogP contribution in [0.4, 0.5) is 5.69 Å². The van der Waals surface area contributed by atoms with Crippen molar-refractivity contribution in [3.63, 3.8) is 0 Å². The van der Waals surface area contributed by atoms with E-state index in [1.54, 1.807) is 18.2 Å². The third-order valence-corrected chi connectivity index (χ3v) is 5.85. The number of benzene rings is 1. The van der Waals surface area contributed by atoms with E-state index in [4.69, 9.17) is 5.26 Å². The first kappa shape index (κ1) is 14.4. The van der Waals surface area contributed by atoms with Crippen molar-refractivity contribution < 1.29 is 8.42 Å². The number of nitrogens with zero attached hydrogens (tertiary/aromatic N) is 1. The van der Waals surface area contributed by atoms with Crippen molar-refractivity contribution in [2.45, 2.75) is 37.4 Å². The van der Waals surface area contributed by atoms with Gasteiger partial charge in [-0.1, -0.05) is 19.3 Å². The minimum absolute atomic E-state index is 0.302. The van der Waals surface area contributed by atoms with E-state index in [1.807, 2.05) is 6.07 Å². The van der Waals surface area contributed by atoms with Gasteiger partial charge in [0.05, 0.1) is 22.6 Å². The summed E-state index contributed by atoms with van der Waals surface area (Å²) in [5, 5.41) is 8.48. The second-order valence-electron chi connectivity index (χ2n) is 4.71. The molecular weight excluding hydrogens is 328 g/mol. The van der Waals surface area contributed by atoms with Crippen LogP contribution < -0.4 is 4.72 Å². The van der Waals surface area contributed by atoms with Gasteiger partial charge in [0, 0.05) is 4.47 Å². The zero-order chi connectivity index (χ0) is 13.9. The molecule has 1 aromatic rings. The van der Waals surface area contributed by atoms with Crippen molar-refractivity contribution in [3.05, 3.63) is 28.2 Å². The van der Waals surface area contributed by atoms with E-state index in [0.717, 1.165) is 32.1 Å². The molecule has 1 aliphatic carbocycles. The van der Waals surface area contributed by atoms with Gasteiger partial charge in [0.1, 0.15) is 0 Å². The van der Waals surface area contributed by atoms with Gasteiger partial charge in [0.25, 0.3) is 0 Å². The SMILES string of the molecule is N#Cc1ccc(NS(=O)(=O)C2CCCCC2)c(Br)c1. The van der Waals surface area contributed by atoms with E-state index in [1.165, 1.54) is 0 Å². The van der Waals surface area contributed by atoms with Crippen LogP contribution in [0.3, 0.4) is 0 Å². The molecule has 0 radical (unpaired) electrons. The normalized spacial score (nSPS) is 16.8. The molecule has 4 nitrogen and oxygen atoms in total. The Labute approximate surface area is 122 Å². The minimum atomic E-state index is -3.34. The van der Waals surface area contributed by atoms with E-state index in [0.29, 0.717) is 15.7 Å². The fourth-order valence-corrected chi connectivity index (χ4v) is 4.49. The molecule has 0 spiro atoms. The monoisotopic (exact) mass is 342 g/mol.